The fraction of sp³-hybridized carbons (Fsp3) is 0.235. The maximum Gasteiger partial charge on any atom is 0.166 e. The number of aryl methyl sites for hydroxylation is 2. The van der Waals surface area contributed by atoms with E-state index in [1.165, 1.54) is 11.1 Å². The highest BCUT2D eigenvalue weighted by Crippen LogP contribution is 2.24. The molecule has 2 nitrogen and oxygen atoms in total. The first-order chi connectivity index (χ1) is 9.60. The summed E-state index contributed by atoms with van der Waals surface area (Å²) in [5, 5.41) is 0.546. The van der Waals surface area contributed by atoms with Gasteiger partial charge >= 0.3 is 0 Å². The monoisotopic (exact) mass is 288 g/mol. The van der Waals surface area contributed by atoms with E-state index in [4.69, 9.17) is 16.3 Å². The molecule has 0 fully saturated rings. The second-order valence-corrected chi connectivity index (χ2v) is 5.19. The summed E-state index contributed by atoms with van der Waals surface area (Å²) in [5.74, 6) is 0.620. The Hall–Kier alpha value is -1.80. The van der Waals surface area contributed by atoms with Gasteiger partial charge in [0.05, 0.1) is 12.7 Å². The Morgan fingerprint density at radius 3 is 2.70 bits per heavy atom. The van der Waals surface area contributed by atoms with Crippen molar-refractivity contribution in [3.8, 4) is 5.75 Å². The molecule has 0 aromatic heterocycles. The van der Waals surface area contributed by atoms with Crippen molar-refractivity contribution < 1.29 is 9.53 Å². The molecule has 20 heavy (non-hydrogen) atoms. The van der Waals surface area contributed by atoms with Crippen molar-refractivity contribution in [1.82, 2.24) is 0 Å². The van der Waals surface area contributed by atoms with Crippen LogP contribution in [-0.2, 0) is 6.42 Å². The van der Waals surface area contributed by atoms with Gasteiger partial charge < -0.3 is 4.74 Å². The topological polar surface area (TPSA) is 26.3 Å². The first-order valence-corrected chi connectivity index (χ1v) is 6.90. The third-order valence-corrected chi connectivity index (χ3v) is 3.42. The molecular weight excluding hydrogens is 272 g/mol. The standard InChI is InChI=1S/C17H17ClO2/c1-12-4-3-5-13(10-12)6-8-16(19)15-11-14(18)7-9-17(15)20-2/h3-5,7,9-11H,6,8H2,1-2H3. The number of carbonyl (C=O) groups is 1. The molecule has 3 heteroatoms. The van der Waals surface area contributed by atoms with Crippen LogP contribution in [0.4, 0.5) is 0 Å². The number of halogens is 1. The minimum Gasteiger partial charge on any atom is -0.496 e. The van der Waals surface area contributed by atoms with Crippen molar-refractivity contribution in [3.63, 3.8) is 0 Å². The summed E-state index contributed by atoms with van der Waals surface area (Å²) >= 11 is 5.95. The molecule has 104 valence electrons. The normalized spacial score (nSPS) is 10.3. The van der Waals surface area contributed by atoms with E-state index in [-0.39, 0.29) is 5.78 Å². The molecule has 0 radical (unpaired) electrons. The predicted octanol–water partition coefficient (Wildman–Crippen LogP) is 4.47. The highest BCUT2D eigenvalue weighted by molar-refractivity contribution is 6.31. The molecule has 0 amide bonds. The lowest BCUT2D eigenvalue weighted by Gasteiger charge is -2.08. The molecule has 0 heterocycles. The number of benzene rings is 2. The fourth-order valence-electron chi connectivity index (χ4n) is 2.16. The molecule has 0 aliphatic carbocycles. The van der Waals surface area contributed by atoms with E-state index in [2.05, 4.69) is 6.07 Å². The molecule has 0 unspecified atom stereocenters. The van der Waals surface area contributed by atoms with Gasteiger partial charge in [-0.05, 0) is 37.1 Å². The van der Waals surface area contributed by atoms with Crippen molar-refractivity contribution in [1.29, 1.82) is 0 Å². The van der Waals surface area contributed by atoms with Crippen molar-refractivity contribution in [2.24, 2.45) is 0 Å². The number of ketones is 1. The third-order valence-electron chi connectivity index (χ3n) is 3.19. The lowest BCUT2D eigenvalue weighted by molar-refractivity contribution is 0.0980. The fourth-order valence-corrected chi connectivity index (χ4v) is 2.33. The van der Waals surface area contributed by atoms with E-state index in [1.807, 2.05) is 25.1 Å². The molecule has 0 spiro atoms. The third kappa shape index (κ3) is 3.61. The zero-order chi connectivity index (χ0) is 14.5. The maximum absolute atomic E-state index is 12.3. The molecule has 2 aromatic carbocycles. The number of ether oxygens (including phenoxy) is 1. The van der Waals surface area contributed by atoms with Crippen LogP contribution in [-0.4, -0.2) is 12.9 Å². The van der Waals surface area contributed by atoms with Crippen molar-refractivity contribution in [2.75, 3.05) is 7.11 Å². The van der Waals surface area contributed by atoms with Crippen molar-refractivity contribution in [2.45, 2.75) is 19.8 Å². The van der Waals surface area contributed by atoms with E-state index >= 15 is 0 Å². The number of methoxy groups -OCH3 is 1. The zero-order valence-corrected chi connectivity index (χ0v) is 12.4. The van der Waals surface area contributed by atoms with E-state index in [0.29, 0.717) is 22.8 Å². The van der Waals surface area contributed by atoms with Crippen LogP contribution in [0.25, 0.3) is 0 Å². The van der Waals surface area contributed by atoms with Gasteiger partial charge in [0.1, 0.15) is 5.75 Å². The van der Waals surface area contributed by atoms with Gasteiger partial charge in [-0.2, -0.15) is 0 Å². The average molecular weight is 289 g/mol. The Balaban J connectivity index is 2.10. The molecule has 2 rings (SSSR count). The van der Waals surface area contributed by atoms with Gasteiger partial charge in [-0.25, -0.2) is 0 Å². The lowest BCUT2D eigenvalue weighted by Crippen LogP contribution is -2.04. The van der Waals surface area contributed by atoms with Gasteiger partial charge in [0.15, 0.2) is 5.78 Å². The van der Waals surface area contributed by atoms with Gasteiger partial charge in [0, 0.05) is 11.4 Å². The minimum atomic E-state index is 0.0471. The second-order valence-electron chi connectivity index (χ2n) is 4.76. The van der Waals surface area contributed by atoms with Crippen LogP contribution in [0.3, 0.4) is 0 Å². The number of Topliss-reactive ketones (excluding diaryl/α,β-unsaturated/α-hetero) is 1. The molecule has 0 saturated carbocycles. The second kappa shape index (κ2) is 6.58. The minimum absolute atomic E-state index is 0.0471. The van der Waals surface area contributed by atoms with Crippen LogP contribution in [0.1, 0.15) is 27.9 Å². The summed E-state index contributed by atoms with van der Waals surface area (Å²) < 4.78 is 5.21. The summed E-state index contributed by atoms with van der Waals surface area (Å²) in [7, 11) is 1.56. The van der Waals surface area contributed by atoms with Crippen LogP contribution in [0, 0.1) is 6.92 Å². The molecular formula is C17H17ClO2. The quantitative estimate of drug-likeness (QED) is 0.759. The zero-order valence-electron chi connectivity index (χ0n) is 11.7. The van der Waals surface area contributed by atoms with E-state index in [1.54, 1.807) is 25.3 Å². The first kappa shape index (κ1) is 14.6. The summed E-state index contributed by atoms with van der Waals surface area (Å²) in [6.45, 7) is 2.05. The van der Waals surface area contributed by atoms with Gasteiger partial charge in [-0.15, -0.1) is 0 Å². The van der Waals surface area contributed by atoms with Crippen LogP contribution >= 0.6 is 11.6 Å². The summed E-state index contributed by atoms with van der Waals surface area (Å²) in [4.78, 5) is 12.3. The molecule has 0 atom stereocenters. The van der Waals surface area contributed by atoms with E-state index < -0.39 is 0 Å². The SMILES string of the molecule is COc1ccc(Cl)cc1C(=O)CCc1cccc(C)c1. The van der Waals surface area contributed by atoms with Gasteiger partial charge in [0.25, 0.3) is 0 Å². The number of carbonyl (C=O) groups excluding carboxylic acids is 1. The summed E-state index contributed by atoms with van der Waals surface area (Å²) in [6.07, 6.45) is 1.16. The van der Waals surface area contributed by atoms with Gasteiger partial charge in [-0.1, -0.05) is 41.4 Å². The molecule has 0 saturated heterocycles. The Bertz CT molecular complexity index is 620. The highest BCUT2D eigenvalue weighted by Gasteiger charge is 2.13. The van der Waals surface area contributed by atoms with Gasteiger partial charge in [-0.3, -0.25) is 4.79 Å². The number of hydrogen-bond acceptors (Lipinski definition) is 2. The Morgan fingerprint density at radius 2 is 2.00 bits per heavy atom. The van der Waals surface area contributed by atoms with Crippen LogP contribution in [0.2, 0.25) is 5.02 Å². The molecule has 0 aliphatic heterocycles. The lowest BCUT2D eigenvalue weighted by atomic mass is 10.0. The predicted molar refractivity (Wildman–Crippen MR) is 81.8 cm³/mol. The Kier molecular flexibility index (Phi) is 4.80. The average Bonchev–Trinajstić information content (AvgIpc) is 2.45. The smallest absolute Gasteiger partial charge is 0.166 e. The van der Waals surface area contributed by atoms with Crippen LogP contribution in [0.15, 0.2) is 42.5 Å². The molecule has 0 aliphatic rings. The molecule has 2 aromatic rings. The summed E-state index contributed by atoms with van der Waals surface area (Å²) in [6, 6.07) is 13.3. The van der Waals surface area contributed by atoms with Gasteiger partial charge in [0.2, 0.25) is 0 Å². The largest absolute Gasteiger partial charge is 0.496 e. The van der Waals surface area contributed by atoms with Crippen molar-refractivity contribution >= 4 is 17.4 Å². The number of rotatable bonds is 5. The van der Waals surface area contributed by atoms with E-state index in [0.717, 1.165) is 6.42 Å². The molecule has 0 bridgehead atoms. The summed E-state index contributed by atoms with van der Waals surface area (Å²) in [5.41, 5.74) is 2.92. The molecule has 0 N–H and O–H groups in total. The van der Waals surface area contributed by atoms with Crippen molar-refractivity contribution in [3.05, 3.63) is 64.2 Å². The van der Waals surface area contributed by atoms with Crippen LogP contribution in [0.5, 0.6) is 5.75 Å². The maximum atomic E-state index is 12.3. The first-order valence-electron chi connectivity index (χ1n) is 6.52. The van der Waals surface area contributed by atoms with Crippen LogP contribution < -0.4 is 4.74 Å². The highest BCUT2D eigenvalue weighted by atomic mass is 35.5. The Labute approximate surface area is 124 Å². The number of hydrogen-bond donors (Lipinski definition) is 0. The van der Waals surface area contributed by atoms with E-state index in [9.17, 15) is 4.79 Å². The Morgan fingerprint density at radius 1 is 1.20 bits per heavy atom.